The summed E-state index contributed by atoms with van der Waals surface area (Å²) >= 11 is 0. The Hall–Kier alpha value is -4.28. The number of aliphatic hydroxyl groups excluding tert-OH is 1. The van der Waals surface area contributed by atoms with Gasteiger partial charge in [-0.15, -0.1) is 0 Å². The number of unbranched alkanes of at least 4 members (excludes halogenated alkanes) is 23. The van der Waals surface area contributed by atoms with Crippen LogP contribution in [0.4, 0.5) is 0 Å². The van der Waals surface area contributed by atoms with E-state index < -0.39 is 97.5 Å². The monoisotopic (exact) mass is 1360 g/mol. The van der Waals surface area contributed by atoms with Crippen molar-refractivity contribution in [3.05, 3.63) is 109 Å². The van der Waals surface area contributed by atoms with Crippen LogP contribution in [0.2, 0.25) is 0 Å². The maximum atomic E-state index is 13.0. The summed E-state index contributed by atoms with van der Waals surface area (Å²) in [5, 5.41) is 10.6. The predicted molar refractivity (Wildman–Crippen MR) is 381 cm³/mol. The number of phosphoric acid groups is 2. The van der Waals surface area contributed by atoms with Crippen LogP contribution in [0.3, 0.4) is 0 Å². The van der Waals surface area contributed by atoms with Crippen LogP contribution < -0.4 is 0 Å². The van der Waals surface area contributed by atoms with Crippen LogP contribution in [0.5, 0.6) is 0 Å². The van der Waals surface area contributed by atoms with E-state index in [-0.39, 0.29) is 25.7 Å². The van der Waals surface area contributed by atoms with E-state index in [1.165, 1.54) is 70.6 Å². The number of hydrogen-bond donors (Lipinski definition) is 3. The lowest BCUT2D eigenvalue weighted by atomic mass is 10.0. The Labute approximate surface area is 569 Å². The van der Waals surface area contributed by atoms with Crippen LogP contribution in [-0.4, -0.2) is 96.7 Å². The van der Waals surface area contributed by atoms with E-state index in [1.807, 2.05) is 0 Å². The first-order chi connectivity index (χ1) is 45.7. The first-order valence-corrected chi connectivity index (χ1v) is 39.1. The first kappa shape index (κ1) is 89.7. The Kier molecular flexibility index (Phi) is 64.2. The highest BCUT2D eigenvalue weighted by atomic mass is 31.2. The van der Waals surface area contributed by atoms with Crippen molar-refractivity contribution in [2.75, 3.05) is 39.6 Å². The molecule has 3 N–H and O–H groups in total. The zero-order valence-corrected chi connectivity index (χ0v) is 60.4. The molecule has 0 radical (unpaired) electrons. The SMILES string of the molecule is CC/C=C\C/C=C\C/C=C\C/C=C\CCCCC(=O)OCC(COP(=O)(O)OCC(O)COP(=O)(O)OCC(COC(=O)CCCCCCCCCCCCCCC)OC(=O)CCCCCCC/C=C\CCCC)OC(=O)CCCC/C=C\C/C=C\C/C=C\C/C=C\CC. The molecule has 0 aliphatic heterocycles. The average molecular weight is 1360 g/mol. The zero-order valence-electron chi connectivity index (χ0n) is 58.6. The van der Waals surface area contributed by atoms with Gasteiger partial charge in [-0.25, -0.2) is 9.13 Å². The molecular formula is C75H128O17P2. The minimum Gasteiger partial charge on any atom is -0.462 e. The minimum atomic E-state index is -4.99. The van der Waals surface area contributed by atoms with Crippen molar-refractivity contribution in [3.8, 4) is 0 Å². The van der Waals surface area contributed by atoms with Crippen molar-refractivity contribution in [1.82, 2.24) is 0 Å². The van der Waals surface area contributed by atoms with Crippen molar-refractivity contribution < 1.29 is 80.2 Å². The second-order valence-corrected chi connectivity index (χ2v) is 26.7. The number of carbonyl (C=O) groups is 4. The molecule has 0 saturated carbocycles. The lowest BCUT2D eigenvalue weighted by Crippen LogP contribution is -2.30. The Balaban J connectivity index is 5.40. The van der Waals surface area contributed by atoms with Gasteiger partial charge < -0.3 is 33.8 Å². The van der Waals surface area contributed by atoms with Gasteiger partial charge in [0, 0.05) is 25.7 Å². The van der Waals surface area contributed by atoms with Gasteiger partial charge in [-0.2, -0.15) is 0 Å². The minimum absolute atomic E-state index is 0.0318. The lowest BCUT2D eigenvalue weighted by molar-refractivity contribution is -0.161. The smallest absolute Gasteiger partial charge is 0.462 e. The topological polar surface area (TPSA) is 237 Å². The molecule has 0 aromatic heterocycles. The standard InChI is InChI=1S/C75H128O17P2/c1-5-9-13-17-21-25-29-32-34-37-41-44-48-52-56-60-73(78)86-66-71(92-75(80)62-58-54-50-46-42-38-35-33-30-26-22-18-14-10-6-2)68-90-94(83,84)88-64-69(76)63-87-93(81,82)89-67-70(91-74(79)61-57-53-49-45-39-28-24-20-16-12-8-4)65-85-72(77)59-55-51-47-43-40-36-31-27-23-19-15-11-7-3/h9-10,13-14,20-22,24-26,32-35,41-42,44,46,69-71,76H,5-8,11-12,15-19,23,27-31,36-40,43,45,47-68H2,1-4H3,(H,81,82)(H,83,84)/b13-9-,14-10-,24-20-,25-21-,26-22-,34-32-,35-33-,44-41-,46-42-. The van der Waals surface area contributed by atoms with Gasteiger partial charge in [0.2, 0.25) is 0 Å². The van der Waals surface area contributed by atoms with Crippen molar-refractivity contribution in [3.63, 3.8) is 0 Å². The number of aliphatic hydroxyl groups is 1. The number of allylic oxidation sites excluding steroid dienone is 18. The summed E-state index contributed by atoms with van der Waals surface area (Å²) in [6, 6.07) is 0. The van der Waals surface area contributed by atoms with E-state index in [9.17, 15) is 43.2 Å². The van der Waals surface area contributed by atoms with Crippen molar-refractivity contribution in [2.45, 2.75) is 303 Å². The van der Waals surface area contributed by atoms with Gasteiger partial charge in [-0.1, -0.05) is 246 Å². The largest absolute Gasteiger partial charge is 0.472 e. The predicted octanol–water partition coefficient (Wildman–Crippen LogP) is 20.2. The summed E-state index contributed by atoms with van der Waals surface area (Å²) < 4.78 is 68.2. The van der Waals surface area contributed by atoms with Crippen LogP contribution >= 0.6 is 15.6 Å². The molecule has 5 unspecified atom stereocenters. The fraction of sp³-hybridized carbons (Fsp3) is 0.707. The van der Waals surface area contributed by atoms with Crippen LogP contribution in [0.25, 0.3) is 0 Å². The summed E-state index contributed by atoms with van der Waals surface area (Å²) in [7, 11) is -9.96. The van der Waals surface area contributed by atoms with Crippen molar-refractivity contribution in [2.24, 2.45) is 0 Å². The van der Waals surface area contributed by atoms with E-state index in [1.54, 1.807) is 0 Å². The molecule has 0 aliphatic rings. The number of esters is 4. The van der Waals surface area contributed by atoms with E-state index >= 15 is 0 Å². The molecule has 540 valence electrons. The number of hydrogen-bond acceptors (Lipinski definition) is 15. The fourth-order valence-electron chi connectivity index (χ4n) is 9.24. The Morgan fingerprint density at radius 3 is 0.915 bits per heavy atom. The zero-order chi connectivity index (χ0) is 69.0. The summed E-state index contributed by atoms with van der Waals surface area (Å²) in [6.07, 6.45) is 69.7. The van der Waals surface area contributed by atoms with E-state index in [0.717, 1.165) is 128 Å². The highest BCUT2D eigenvalue weighted by Crippen LogP contribution is 2.45. The second kappa shape index (κ2) is 67.3. The van der Waals surface area contributed by atoms with Gasteiger partial charge in [0.1, 0.15) is 19.3 Å². The molecule has 19 heteroatoms. The van der Waals surface area contributed by atoms with Crippen molar-refractivity contribution >= 4 is 39.5 Å². The van der Waals surface area contributed by atoms with Crippen LogP contribution in [0, 0.1) is 0 Å². The third-order valence-electron chi connectivity index (χ3n) is 14.7. The summed E-state index contributed by atoms with van der Waals surface area (Å²) in [5.41, 5.74) is 0. The maximum absolute atomic E-state index is 13.0. The molecule has 0 amide bonds. The molecule has 0 rings (SSSR count). The molecule has 0 saturated heterocycles. The fourth-order valence-corrected chi connectivity index (χ4v) is 10.8. The number of carbonyl (C=O) groups excluding carboxylic acids is 4. The Morgan fingerprint density at radius 1 is 0.309 bits per heavy atom. The molecule has 5 atom stereocenters. The second-order valence-electron chi connectivity index (χ2n) is 23.8. The molecule has 0 fully saturated rings. The molecule has 0 aliphatic carbocycles. The highest BCUT2D eigenvalue weighted by molar-refractivity contribution is 7.47. The lowest BCUT2D eigenvalue weighted by Gasteiger charge is -2.21. The molecule has 0 aromatic rings. The molecule has 0 heterocycles. The number of phosphoric ester groups is 2. The van der Waals surface area contributed by atoms with E-state index in [4.69, 9.17) is 37.0 Å². The highest BCUT2D eigenvalue weighted by Gasteiger charge is 2.30. The maximum Gasteiger partial charge on any atom is 0.472 e. The van der Waals surface area contributed by atoms with E-state index in [2.05, 4.69) is 137 Å². The molecule has 94 heavy (non-hydrogen) atoms. The molecular weight excluding hydrogens is 1230 g/mol. The van der Waals surface area contributed by atoms with Crippen LogP contribution in [0.1, 0.15) is 285 Å². The number of ether oxygens (including phenoxy) is 4. The third-order valence-corrected chi connectivity index (χ3v) is 16.6. The van der Waals surface area contributed by atoms with Crippen LogP contribution in [0.15, 0.2) is 109 Å². The van der Waals surface area contributed by atoms with Gasteiger partial charge >= 0.3 is 39.5 Å². The van der Waals surface area contributed by atoms with Crippen molar-refractivity contribution in [1.29, 1.82) is 0 Å². The van der Waals surface area contributed by atoms with Gasteiger partial charge in [0.25, 0.3) is 0 Å². The normalized spacial score (nSPS) is 14.7. The number of rotatable bonds is 67. The molecule has 0 spiro atoms. The summed E-state index contributed by atoms with van der Waals surface area (Å²) in [6.45, 7) is 4.49. The van der Waals surface area contributed by atoms with Crippen LogP contribution in [-0.2, 0) is 65.4 Å². The Bertz CT molecular complexity index is 2220. The van der Waals surface area contributed by atoms with Gasteiger partial charge in [0.15, 0.2) is 12.2 Å². The van der Waals surface area contributed by atoms with E-state index in [0.29, 0.717) is 32.1 Å². The average Bonchev–Trinajstić information content (AvgIpc) is 1.36. The summed E-state index contributed by atoms with van der Waals surface area (Å²) in [4.78, 5) is 72.6. The quantitative estimate of drug-likeness (QED) is 0.0169. The van der Waals surface area contributed by atoms with Gasteiger partial charge in [0.05, 0.1) is 26.4 Å². The van der Waals surface area contributed by atoms with Gasteiger partial charge in [-0.3, -0.25) is 37.3 Å². The Morgan fingerprint density at radius 2 is 0.564 bits per heavy atom. The third kappa shape index (κ3) is 66.3. The molecule has 17 nitrogen and oxygen atoms in total. The molecule has 0 bridgehead atoms. The first-order valence-electron chi connectivity index (χ1n) is 36.1. The summed E-state index contributed by atoms with van der Waals surface area (Å²) in [5.74, 6) is -2.28. The van der Waals surface area contributed by atoms with Gasteiger partial charge in [-0.05, 0) is 122 Å². The molecule has 0 aromatic carbocycles.